The van der Waals surface area contributed by atoms with Gasteiger partial charge in [-0.05, 0) is 59.7 Å². The van der Waals surface area contributed by atoms with E-state index >= 15 is 0 Å². The molecule has 0 radical (unpaired) electrons. The van der Waals surface area contributed by atoms with Crippen molar-refractivity contribution in [2.75, 3.05) is 25.0 Å². The van der Waals surface area contributed by atoms with Crippen LogP contribution in [-0.4, -0.2) is 58.3 Å². The summed E-state index contributed by atoms with van der Waals surface area (Å²) in [7, 11) is 1.56. The molecule has 2 saturated heterocycles. The van der Waals surface area contributed by atoms with Crippen LogP contribution in [0, 0.1) is 11.3 Å². The Morgan fingerprint density at radius 2 is 1.74 bits per heavy atom. The first-order valence-electron chi connectivity index (χ1n) is 11.7. The zero-order chi connectivity index (χ0) is 27.0. The minimum atomic E-state index is -1.37. The lowest BCUT2D eigenvalue weighted by atomic mass is 9.80. The van der Waals surface area contributed by atoms with Crippen LogP contribution in [0.3, 0.4) is 0 Å². The molecule has 2 aromatic carbocycles. The lowest BCUT2D eigenvalue weighted by Gasteiger charge is -2.33. The largest absolute Gasteiger partial charge is 0.336 e. The number of pyridine rings is 1. The first-order chi connectivity index (χ1) is 18.2. The molecule has 2 aliphatic rings. The van der Waals surface area contributed by atoms with Crippen LogP contribution in [0.15, 0.2) is 73.1 Å². The van der Waals surface area contributed by atoms with Crippen molar-refractivity contribution in [3.63, 3.8) is 0 Å². The maximum absolute atomic E-state index is 14.2. The van der Waals surface area contributed by atoms with Crippen molar-refractivity contribution in [2.24, 2.45) is 0 Å². The molecule has 0 bridgehead atoms. The third kappa shape index (κ3) is 4.30. The molecule has 3 aromatic rings. The summed E-state index contributed by atoms with van der Waals surface area (Å²) < 4.78 is 0. The van der Waals surface area contributed by atoms with E-state index in [1.807, 2.05) is 0 Å². The molecule has 2 atom stereocenters. The summed E-state index contributed by atoms with van der Waals surface area (Å²) >= 11 is 12.4. The second-order valence-corrected chi connectivity index (χ2v) is 10.0. The molecule has 1 aromatic heterocycles. The van der Waals surface area contributed by atoms with E-state index in [0.717, 1.165) is 16.0 Å². The van der Waals surface area contributed by atoms with Gasteiger partial charge in [0.2, 0.25) is 5.91 Å². The Labute approximate surface area is 229 Å². The molecule has 2 aliphatic heterocycles. The van der Waals surface area contributed by atoms with Crippen molar-refractivity contribution in [3.8, 4) is 6.07 Å². The summed E-state index contributed by atoms with van der Waals surface area (Å²) in [6.07, 6.45) is 6.38. The lowest BCUT2D eigenvalue weighted by Crippen LogP contribution is -2.53. The van der Waals surface area contributed by atoms with Crippen molar-refractivity contribution in [1.82, 2.24) is 14.8 Å². The van der Waals surface area contributed by atoms with Crippen LogP contribution in [0.4, 0.5) is 10.5 Å². The second kappa shape index (κ2) is 9.93. The molecule has 2 fully saturated rings. The van der Waals surface area contributed by atoms with Crippen LogP contribution in [0.1, 0.15) is 22.6 Å². The Morgan fingerprint density at radius 1 is 1.08 bits per heavy atom. The molecule has 38 heavy (non-hydrogen) atoms. The van der Waals surface area contributed by atoms with E-state index in [1.54, 1.807) is 66.8 Å². The highest BCUT2D eigenvalue weighted by Crippen LogP contribution is 2.46. The van der Waals surface area contributed by atoms with Crippen LogP contribution in [0.2, 0.25) is 10.0 Å². The minimum absolute atomic E-state index is 0.0109. The molecule has 1 spiro atoms. The third-order valence-electron chi connectivity index (χ3n) is 7.05. The Kier molecular flexibility index (Phi) is 6.66. The van der Waals surface area contributed by atoms with E-state index in [9.17, 15) is 19.6 Å². The number of hydrogen-bond acceptors (Lipinski definition) is 5. The fourth-order valence-electron chi connectivity index (χ4n) is 5.12. The SMILES string of the molecule is CN1C(=O)N(c2cc(Cl)cc(Cl)c2)C(=O)[C@]12CN(C(=O)/C=C/c1ccncc1)C[C@H]2c1ccc(C#N)cc1. The topological polar surface area (TPSA) is 97.6 Å². The Hall–Kier alpha value is -4.19. The van der Waals surface area contributed by atoms with Gasteiger partial charge in [-0.15, -0.1) is 0 Å². The first kappa shape index (κ1) is 25.5. The summed E-state index contributed by atoms with van der Waals surface area (Å²) in [6, 6.07) is 16.4. The van der Waals surface area contributed by atoms with E-state index in [1.165, 1.54) is 29.2 Å². The molecule has 0 N–H and O–H groups in total. The number of aromatic nitrogens is 1. The summed E-state index contributed by atoms with van der Waals surface area (Å²) in [5.41, 5.74) is 0.879. The number of hydrogen-bond donors (Lipinski definition) is 0. The number of amides is 4. The summed E-state index contributed by atoms with van der Waals surface area (Å²) in [5.74, 6) is -1.32. The standard InChI is InChI=1S/C28H21Cl2N5O3/c1-33-27(38)35(23-13-21(29)12-22(30)14-23)26(37)28(33)17-34(25(36)7-4-18-8-10-32-11-9-18)16-24(28)20-5-2-19(15-31)3-6-20/h2-14,24H,16-17H2,1H3/b7-4+/t24-,28+/m0/s1. The number of rotatable bonds is 4. The highest BCUT2D eigenvalue weighted by atomic mass is 35.5. The quantitative estimate of drug-likeness (QED) is 0.348. The molecule has 5 rings (SSSR count). The van der Waals surface area contributed by atoms with Gasteiger partial charge in [-0.3, -0.25) is 14.6 Å². The Morgan fingerprint density at radius 3 is 2.37 bits per heavy atom. The molecule has 3 heterocycles. The molecular weight excluding hydrogens is 525 g/mol. The van der Waals surface area contributed by atoms with Gasteiger partial charge in [0.1, 0.15) is 5.54 Å². The van der Waals surface area contributed by atoms with Crippen LogP contribution < -0.4 is 4.90 Å². The Balaban J connectivity index is 1.56. The Bertz CT molecular complexity index is 1480. The van der Waals surface area contributed by atoms with Crippen molar-refractivity contribution in [2.45, 2.75) is 11.5 Å². The number of likely N-dealkylation sites (N-methyl/N-ethyl adjacent to an activating group) is 1. The van der Waals surface area contributed by atoms with Gasteiger partial charge in [0.15, 0.2) is 0 Å². The van der Waals surface area contributed by atoms with E-state index in [-0.39, 0.29) is 34.7 Å². The fraction of sp³-hybridized carbons (Fsp3) is 0.179. The number of carbonyl (C=O) groups is 3. The number of imide groups is 1. The highest BCUT2D eigenvalue weighted by Gasteiger charge is 2.64. The molecule has 0 saturated carbocycles. The molecule has 10 heteroatoms. The molecule has 190 valence electrons. The zero-order valence-corrected chi connectivity index (χ0v) is 21.7. The maximum Gasteiger partial charge on any atom is 0.332 e. The van der Waals surface area contributed by atoms with Gasteiger partial charge in [0, 0.05) is 48.0 Å². The highest BCUT2D eigenvalue weighted by molar-refractivity contribution is 6.36. The molecule has 0 unspecified atom stereocenters. The molecule has 0 aliphatic carbocycles. The van der Waals surface area contributed by atoms with Crippen molar-refractivity contribution < 1.29 is 14.4 Å². The zero-order valence-electron chi connectivity index (χ0n) is 20.2. The van der Waals surface area contributed by atoms with Crippen molar-refractivity contribution in [1.29, 1.82) is 5.26 Å². The number of carbonyl (C=O) groups excluding carboxylic acids is 3. The summed E-state index contributed by atoms with van der Waals surface area (Å²) in [4.78, 5) is 49.0. The lowest BCUT2D eigenvalue weighted by molar-refractivity contribution is -0.127. The number of benzene rings is 2. The summed E-state index contributed by atoms with van der Waals surface area (Å²) in [5, 5.41) is 9.81. The van der Waals surface area contributed by atoms with Gasteiger partial charge in [-0.1, -0.05) is 35.3 Å². The fourth-order valence-corrected chi connectivity index (χ4v) is 5.64. The molecule has 8 nitrogen and oxygen atoms in total. The van der Waals surface area contributed by atoms with Crippen molar-refractivity contribution in [3.05, 3.63) is 99.8 Å². The van der Waals surface area contributed by atoms with Gasteiger partial charge < -0.3 is 9.80 Å². The van der Waals surface area contributed by atoms with E-state index in [4.69, 9.17) is 23.2 Å². The van der Waals surface area contributed by atoms with E-state index in [2.05, 4.69) is 11.1 Å². The smallest absolute Gasteiger partial charge is 0.332 e. The maximum atomic E-state index is 14.2. The number of likely N-dealkylation sites (tertiary alicyclic amines) is 1. The van der Waals surface area contributed by atoms with Crippen molar-refractivity contribution >= 4 is 52.8 Å². The average molecular weight is 546 g/mol. The van der Waals surface area contributed by atoms with E-state index < -0.39 is 23.4 Å². The normalized spacial score (nSPS) is 21.1. The predicted molar refractivity (Wildman–Crippen MR) is 144 cm³/mol. The monoisotopic (exact) mass is 545 g/mol. The number of urea groups is 1. The first-order valence-corrected chi connectivity index (χ1v) is 12.5. The third-order valence-corrected chi connectivity index (χ3v) is 7.48. The molecular formula is C28H21Cl2N5O3. The molecule has 4 amide bonds. The van der Waals surface area contributed by atoms with Gasteiger partial charge in [0.05, 0.1) is 23.9 Å². The summed E-state index contributed by atoms with van der Waals surface area (Å²) in [6.45, 7) is 0.183. The van der Waals surface area contributed by atoms with Crippen LogP contribution in [-0.2, 0) is 9.59 Å². The van der Waals surface area contributed by atoms with Gasteiger partial charge >= 0.3 is 6.03 Å². The number of nitriles is 1. The number of halogens is 2. The van der Waals surface area contributed by atoms with Crippen LogP contribution >= 0.6 is 23.2 Å². The van der Waals surface area contributed by atoms with Gasteiger partial charge in [0.25, 0.3) is 5.91 Å². The second-order valence-electron chi connectivity index (χ2n) is 9.15. The minimum Gasteiger partial charge on any atom is -0.336 e. The van der Waals surface area contributed by atoms with Crippen LogP contribution in [0.5, 0.6) is 0 Å². The number of nitrogens with zero attached hydrogens (tertiary/aromatic N) is 5. The average Bonchev–Trinajstić information content (AvgIpc) is 3.40. The van der Waals surface area contributed by atoms with Gasteiger partial charge in [-0.25, -0.2) is 9.69 Å². The predicted octanol–water partition coefficient (Wildman–Crippen LogP) is 4.74. The van der Waals surface area contributed by atoms with Crippen LogP contribution in [0.25, 0.3) is 6.08 Å². The number of anilines is 1. The van der Waals surface area contributed by atoms with Gasteiger partial charge in [-0.2, -0.15) is 5.26 Å². The van der Waals surface area contributed by atoms with E-state index in [0.29, 0.717) is 5.56 Å².